The van der Waals surface area contributed by atoms with E-state index >= 15 is 0 Å². The maximum absolute atomic E-state index is 12.3. The van der Waals surface area contributed by atoms with E-state index in [4.69, 9.17) is 5.26 Å². The third-order valence-electron chi connectivity index (χ3n) is 6.90. The van der Waals surface area contributed by atoms with Gasteiger partial charge < -0.3 is 0 Å². The molecule has 1 aromatic carbocycles. The van der Waals surface area contributed by atoms with Crippen molar-refractivity contribution in [2.75, 3.05) is 0 Å². The van der Waals surface area contributed by atoms with Gasteiger partial charge in [0.25, 0.3) is 0 Å². The van der Waals surface area contributed by atoms with E-state index in [0.29, 0.717) is 18.8 Å². The Morgan fingerprint density at radius 3 is 2.39 bits per heavy atom. The van der Waals surface area contributed by atoms with E-state index in [2.05, 4.69) is 37.3 Å². The normalized spacial score (nSPS) is 25.2. The van der Waals surface area contributed by atoms with Crippen LogP contribution < -0.4 is 0 Å². The van der Waals surface area contributed by atoms with Crippen LogP contribution in [0.1, 0.15) is 101 Å². The smallest absolute Gasteiger partial charge is 0.159 e. The summed E-state index contributed by atoms with van der Waals surface area (Å²) in [4.78, 5) is 12.3. The van der Waals surface area contributed by atoms with Crippen LogP contribution >= 0.6 is 0 Å². The number of allylic oxidation sites excluding steroid dienone is 2. The van der Waals surface area contributed by atoms with Gasteiger partial charge >= 0.3 is 0 Å². The predicted octanol–water partition coefficient (Wildman–Crippen LogP) is 7.21. The predicted molar refractivity (Wildman–Crippen MR) is 116 cm³/mol. The summed E-state index contributed by atoms with van der Waals surface area (Å²) < 4.78 is 0. The summed E-state index contributed by atoms with van der Waals surface area (Å²) in [5.41, 5.74) is 3.85. The van der Waals surface area contributed by atoms with Gasteiger partial charge in [0.05, 0.1) is 6.07 Å². The molecule has 150 valence electrons. The molecule has 2 heteroatoms. The maximum atomic E-state index is 12.3. The highest BCUT2D eigenvalue weighted by molar-refractivity contribution is 5.99. The highest BCUT2D eigenvalue weighted by Crippen LogP contribution is 2.38. The van der Waals surface area contributed by atoms with E-state index in [9.17, 15) is 4.79 Å². The molecule has 1 atom stereocenters. The van der Waals surface area contributed by atoms with Crippen LogP contribution in [-0.2, 0) is 4.79 Å². The number of carbonyl (C=O) groups is 1. The first-order valence-electron chi connectivity index (χ1n) is 11.4. The zero-order valence-corrected chi connectivity index (χ0v) is 17.5. The molecule has 2 nitrogen and oxygen atoms in total. The van der Waals surface area contributed by atoms with Crippen LogP contribution in [0.3, 0.4) is 0 Å². The first-order chi connectivity index (χ1) is 13.7. The first kappa shape index (κ1) is 20.8. The lowest BCUT2D eigenvalue weighted by atomic mass is 9.76. The van der Waals surface area contributed by atoms with Crippen LogP contribution in [0.2, 0.25) is 0 Å². The molecule has 0 amide bonds. The van der Waals surface area contributed by atoms with Gasteiger partial charge in [-0.2, -0.15) is 5.26 Å². The average Bonchev–Trinajstić information content (AvgIpc) is 2.74. The lowest BCUT2D eigenvalue weighted by Crippen LogP contribution is -2.17. The Kier molecular flexibility index (Phi) is 7.90. The van der Waals surface area contributed by atoms with Crippen molar-refractivity contribution in [3.63, 3.8) is 0 Å². The van der Waals surface area contributed by atoms with Crippen LogP contribution in [0, 0.1) is 23.2 Å². The molecular formula is C26H35NO. The molecule has 0 saturated heterocycles. The average molecular weight is 378 g/mol. The quantitative estimate of drug-likeness (QED) is 0.449. The lowest BCUT2D eigenvalue weighted by molar-refractivity contribution is -0.118. The molecule has 0 bridgehead atoms. The van der Waals surface area contributed by atoms with E-state index in [0.717, 1.165) is 18.8 Å². The van der Waals surface area contributed by atoms with Gasteiger partial charge in [-0.05, 0) is 79.6 Å². The van der Waals surface area contributed by atoms with Crippen LogP contribution in [0.5, 0.6) is 0 Å². The lowest BCUT2D eigenvalue weighted by Gasteiger charge is -2.29. The zero-order valence-electron chi connectivity index (χ0n) is 17.5. The van der Waals surface area contributed by atoms with Gasteiger partial charge in [0.1, 0.15) is 0 Å². The van der Waals surface area contributed by atoms with Gasteiger partial charge in [0, 0.05) is 12.3 Å². The number of carbonyl (C=O) groups excluding carboxylic acids is 1. The summed E-state index contributed by atoms with van der Waals surface area (Å²) >= 11 is 0. The fraction of sp³-hybridized carbons (Fsp3) is 0.615. The first-order valence-corrected chi connectivity index (χ1v) is 11.4. The SMILES string of the molecule is CCCCCC1CCC(c2ccc(C3=CC(=O)C(CCC#N)CC3)cc2)CC1. The molecule has 1 saturated carbocycles. The third kappa shape index (κ3) is 5.57. The molecule has 1 aromatic rings. The molecule has 2 aliphatic carbocycles. The summed E-state index contributed by atoms with van der Waals surface area (Å²) in [5, 5.41) is 8.73. The van der Waals surface area contributed by atoms with Crippen LogP contribution in [0.15, 0.2) is 30.3 Å². The van der Waals surface area contributed by atoms with Crippen LogP contribution in [-0.4, -0.2) is 5.78 Å². The number of rotatable bonds is 8. The number of nitrogens with zero attached hydrogens (tertiary/aromatic N) is 1. The highest BCUT2D eigenvalue weighted by atomic mass is 16.1. The van der Waals surface area contributed by atoms with E-state index in [-0.39, 0.29) is 11.7 Å². The Bertz CT molecular complexity index is 701. The van der Waals surface area contributed by atoms with E-state index in [1.807, 2.05) is 6.08 Å². The maximum Gasteiger partial charge on any atom is 0.159 e. The molecule has 0 spiro atoms. The van der Waals surface area contributed by atoms with Crippen molar-refractivity contribution in [1.82, 2.24) is 0 Å². The highest BCUT2D eigenvalue weighted by Gasteiger charge is 2.24. The fourth-order valence-electron chi connectivity index (χ4n) is 5.02. The Morgan fingerprint density at radius 1 is 1.00 bits per heavy atom. The molecule has 0 aliphatic heterocycles. The molecule has 28 heavy (non-hydrogen) atoms. The van der Waals surface area contributed by atoms with Gasteiger partial charge in [-0.25, -0.2) is 0 Å². The molecule has 3 rings (SSSR count). The van der Waals surface area contributed by atoms with Crippen molar-refractivity contribution in [2.24, 2.45) is 11.8 Å². The summed E-state index contributed by atoms with van der Waals surface area (Å²) in [5.74, 6) is 1.93. The molecule has 1 fully saturated rings. The standard InChI is InChI=1S/C26H35NO/c1-2-3-4-6-20-8-10-21(11-9-20)22-12-14-23(15-13-22)25-17-16-24(7-5-18-27)26(28)19-25/h12-15,19-21,24H,2-11,16-17H2,1H3. The van der Waals surface area contributed by atoms with Gasteiger partial charge in [0.2, 0.25) is 0 Å². The van der Waals surface area contributed by atoms with E-state index < -0.39 is 0 Å². The minimum absolute atomic E-state index is 0.0511. The fourth-order valence-corrected chi connectivity index (χ4v) is 5.02. The number of hydrogen-bond donors (Lipinski definition) is 0. The number of hydrogen-bond acceptors (Lipinski definition) is 2. The van der Waals surface area contributed by atoms with Crippen molar-refractivity contribution < 1.29 is 4.79 Å². The van der Waals surface area contributed by atoms with E-state index in [1.165, 1.54) is 68.1 Å². The third-order valence-corrected chi connectivity index (χ3v) is 6.90. The molecule has 1 unspecified atom stereocenters. The van der Waals surface area contributed by atoms with E-state index in [1.54, 1.807) is 0 Å². The molecule has 0 radical (unpaired) electrons. The van der Waals surface area contributed by atoms with Gasteiger partial charge in [-0.3, -0.25) is 4.79 Å². The Hall–Kier alpha value is -1.88. The number of nitriles is 1. The second-order valence-corrected chi connectivity index (χ2v) is 8.84. The van der Waals surface area contributed by atoms with Crippen molar-refractivity contribution in [3.05, 3.63) is 41.5 Å². The molecule has 2 aliphatic rings. The minimum Gasteiger partial charge on any atom is -0.295 e. The van der Waals surface area contributed by atoms with Crippen LogP contribution in [0.25, 0.3) is 5.57 Å². The van der Waals surface area contributed by atoms with Crippen molar-refractivity contribution >= 4 is 11.4 Å². The summed E-state index contributed by atoms with van der Waals surface area (Å²) in [6.45, 7) is 2.28. The summed E-state index contributed by atoms with van der Waals surface area (Å²) in [6.07, 6.45) is 15.8. The second kappa shape index (κ2) is 10.6. The van der Waals surface area contributed by atoms with Gasteiger partial charge in [-0.15, -0.1) is 0 Å². The molecule has 0 aromatic heterocycles. The van der Waals surface area contributed by atoms with Crippen LogP contribution in [0.4, 0.5) is 0 Å². The van der Waals surface area contributed by atoms with Crippen molar-refractivity contribution in [3.8, 4) is 6.07 Å². The Morgan fingerprint density at radius 2 is 1.75 bits per heavy atom. The minimum atomic E-state index is 0.0511. The Balaban J connectivity index is 1.53. The largest absolute Gasteiger partial charge is 0.295 e. The number of benzene rings is 1. The molecule has 0 heterocycles. The van der Waals surface area contributed by atoms with Gasteiger partial charge in [-0.1, -0.05) is 56.9 Å². The van der Waals surface area contributed by atoms with Gasteiger partial charge in [0.15, 0.2) is 5.78 Å². The monoisotopic (exact) mass is 377 g/mol. The van der Waals surface area contributed by atoms with Crippen molar-refractivity contribution in [2.45, 2.75) is 89.9 Å². The number of ketones is 1. The summed E-state index contributed by atoms with van der Waals surface area (Å²) in [7, 11) is 0. The zero-order chi connectivity index (χ0) is 19.8. The summed E-state index contributed by atoms with van der Waals surface area (Å²) in [6, 6.07) is 11.2. The molecule has 0 N–H and O–H groups in total. The number of unbranched alkanes of at least 4 members (excludes halogenated alkanes) is 2. The van der Waals surface area contributed by atoms with Crippen molar-refractivity contribution in [1.29, 1.82) is 5.26 Å². The molecular weight excluding hydrogens is 342 g/mol. The Labute approximate surface area is 171 Å². The topological polar surface area (TPSA) is 40.9 Å². The second-order valence-electron chi connectivity index (χ2n) is 8.84.